The molecule has 2 heterocycles. The Morgan fingerprint density at radius 2 is 1.92 bits per heavy atom. The van der Waals surface area contributed by atoms with Crippen LogP contribution in [0.5, 0.6) is 0 Å². The molecule has 1 aromatic carbocycles. The zero-order chi connectivity index (χ0) is 17.9. The third-order valence-corrected chi connectivity index (χ3v) is 5.29. The Hall–Kier alpha value is -2.21. The van der Waals surface area contributed by atoms with Crippen molar-refractivity contribution < 1.29 is 4.39 Å². The van der Waals surface area contributed by atoms with Gasteiger partial charge in [0.05, 0.1) is 0 Å². The zero-order valence-electron chi connectivity index (χ0n) is 15.2. The largest absolute Gasteiger partial charge is 0.367 e. The lowest BCUT2D eigenvalue weighted by Crippen LogP contribution is -2.32. The third-order valence-electron chi connectivity index (χ3n) is 5.29. The first kappa shape index (κ1) is 17.2. The molecule has 1 atom stereocenters. The molecular formula is C20H26FN5. The van der Waals surface area contributed by atoms with Crippen LogP contribution in [0.25, 0.3) is 0 Å². The summed E-state index contributed by atoms with van der Waals surface area (Å²) in [7, 11) is 2.15. The molecule has 2 fully saturated rings. The molecule has 2 aromatic rings. The highest BCUT2D eigenvalue weighted by Gasteiger charge is 2.24. The Morgan fingerprint density at radius 3 is 2.65 bits per heavy atom. The maximum absolute atomic E-state index is 13.5. The van der Waals surface area contributed by atoms with E-state index in [2.05, 4.69) is 22.6 Å². The van der Waals surface area contributed by atoms with E-state index in [1.165, 1.54) is 31.4 Å². The van der Waals surface area contributed by atoms with Crippen LogP contribution < -0.4 is 10.6 Å². The molecule has 0 amide bonds. The summed E-state index contributed by atoms with van der Waals surface area (Å²) in [6, 6.07) is 8.91. The molecule has 2 N–H and O–H groups in total. The van der Waals surface area contributed by atoms with E-state index in [-0.39, 0.29) is 5.82 Å². The van der Waals surface area contributed by atoms with E-state index in [9.17, 15) is 4.39 Å². The number of anilines is 3. The maximum atomic E-state index is 13.5. The monoisotopic (exact) mass is 355 g/mol. The molecule has 1 saturated heterocycles. The predicted molar refractivity (Wildman–Crippen MR) is 102 cm³/mol. The van der Waals surface area contributed by atoms with E-state index in [0.717, 1.165) is 43.4 Å². The number of halogens is 1. The Labute approximate surface area is 154 Å². The lowest BCUT2D eigenvalue weighted by molar-refractivity contribution is 0.246. The van der Waals surface area contributed by atoms with Crippen molar-refractivity contribution in [1.82, 2.24) is 14.9 Å². The molecule has 1 saturated carbocycles. The second-order valence-electron chi connectivity index (χ2n) is 7.51. The lowest BCUT2D eigenvalue weighted by Gasteiger charge is -2.30. The molecule has 138 valence electrons. The molecule has 26 heavy (non-hydrogen) atoms. The van der Waals surface area contributed by atoms with E-state index in [4.69, 9.17) is 9.97 Å². The first-order valence-corrected chi connectivity index (χ1v) is 9.52. The van der Waals surface area contributed by atoms with Gasteiger partial charge in [0, 0.05) is 30.3 Å². The Morgan fingerprint density at radius 1 is 1.08 bits per heavy atom. The lowest BCUT2D eigenvalue weighted by atomic mass is 9.93. The summed E-state index contributed by atoms with van der Waals surface area (Å²) in [5, 5.41) is 6.77. The number of piperidine rings is 1. The number of benzene rings is 1. The van der Waals surface area contributed by atoms with E-state index < -0.39 is 0 Å². The molecule has 2 aliphatic rings. The summed E-state index contributed by atoms with van der Waals surface area (Å²) in [5.74, 6) is 2.54. The summed E-state index contributed by atoms with van der Waals surface area (Å²) < 4.78 is 13.5. The number of nitrogens with zero attached hydrogens (tertiary/aromatic N) is 3. The van der Waals surface area contributed by atoms with Crippen molar-refractivity contribution in [3.63, 3.8) is 0 Å². The average molecular weight is 355 g/mol. The quantitative estimate of drug-likeness (QED) is 0.844. The standard InChI is InChI=1S/C20H26FN5/c1-26-10-4-5-14(13-26)20-24-18(22-16-7-3-8-16)12-19(25-20)23-17-9-2-6-15(21)11-17/h2,6,9,11-12,14,16H,3-5,7-8,10,13H2,1H3,(H2,22,23,24,25). The summed E-state index contributed by atoms with van der Waals surface area (Å²) in [5.41, 5.74) is 0.699. The van der Waals surface area contributed by atoms with Crippen molar-refractivity contribution in [1.29, 1.82) is 0 Å². The number of hydrogen-bond acceptors (Lipinski definition) is 5. The van der Waals surface area contributed by atoms with Gasteiger partial charge in [0.15, 0.2) is 0 Å². The van der Waals surface area contributed by atoms with Gasteiger partial charge in [0.25, 0.3) is 0 Å². The molecule has 0 spiro atoms. The van der Waals surface area contributed by atoms with Gasteiger partial charge in [-0.2, -0.15) is 0 Å². The van der Waals surface area contributed by atoms with Crippen molar-refractivity contribution >= 4 is 17.3 Å². The predicted octanol–water partition coefficient (Wildman–Crippen LogP) is 4.13. The first-order chi connectivity index (χ1) is 12.7. The summed E-state index contributed by atoms with van der Waals surface area (Å²) in [4.78, 5) is 11.9. The van der Waals surface area contributed by atoms with E-state index in [0.29, 0.717) is 17.6 Å². The average Bonchev–Trinajstić information content (AvgIpc) is 2.58. The SMILES string of the molecule is CN1CCCC(c2nc(Nc3cccc(F)c3)cc(NC3CCC3)n2)C1. The van der Waals surface area contributed by atoms with Crippen molar-refractivity contribution in [3.05, 3.63) is 42.0 Å². The van der Waals surface area contributed by atoms with Crippen molar-refractivity contribution in [2.45, 2.75) is 44.1 Å². The summed E-state index contributed by atoms with van der Waals surface area (Å²) in [6.07, 6.45) is 5.93. The van der Waals surface area contributed by atoms with Crippen LogP contribution in [0.4, 0.5) is 21.7 Å². The fourth-order valence-corrected chi connectivity index (χ4v) is 3.64. The third kappa shape index (κ3) is 4.12. The van der Waals surface area contributed by atoms with Crippen LogP contribution in [0.3, 0.4) is 0 Å². The minimum Gasteiger partial charge on any atom is -0.367 e. The number of hydrogen-bond donors (Lipinski definition) is 2. The van der Waals surface area contributed by atoms with E-state index >= 15 is 0 Å². The number of aromatic nitrogens is 2. The fraction of sp³-hybridized carbons (Fsp3) is 0.500. The highest BCUT2D eigenvalue weighted by Crippen LogP contribution is 2.29. The highest BCUT2D eigenvalue weighted by atomic mass is 19.1. The molecule has 5 nitrogen and oxygen atoms in total. The van der Waals surface area contributed by atoms with Gasteiger partial charge in [-0.15, -0.1) is 0 Å². The van der Waals surface area contributed by atoms with Gasteiger partial charge in [-0.25, -0.2) is 14.4 Å². The molecule has 6 heteroatoms. The van der Waals surface area contributed by atoms with Crippen LogP contribution >= 0.6 is 0 Å². The van der Waals surface area contributed by atoms with Gasteiger partial charge < -0.3 is 15.5 Å². The number of likely N-dealkylation sites (tertiary alicyclic amines) is 1. The Kier molecular flexibility index (Phi) is 5.02. The van der Waals surface area contributed by atoms with Crippen molar-refractivity contribution in [2.75, 3.05) is 30.8 Å². The summed E-state index contributed by atoms with van der Waals surface area (Å²) >= 11 is 0. The highest BCUT2D eigenvalue weighted by molar-refractivity contribution is 5.59. The van der Waals surface area contributed by atoms with Crippen LogP contribution in [0.15, 0.2) is 30.3 Å². The van der Waals surface area contributed by atoms with Crippen LogP contribution in [-0.4, -0.2) is 41.0 Å². The van der Waals surface area contributed by atoms with E-state index in [1.807, 2.05) is 12.1 Å². The smallest absolute Gasteiger partial charge is 0.137 e. The minimum atomic E-state index is -0.258. The maximum Gasteiger partial charge on any atom is 0.137 e. The van der Waals surface area contributed by atoms with Crippen molar-refractivity contribution in [3.8, 4) is 0 Å². The molecular weight excluding hydrogens is 329 g/mol. The topological polar surface area (TPSA) is 53.1 Å². The fourth-order valence-electron chi connectivity index (χ4n) is 3.64. The van der Waals surface area contributed by atoms with Crippen LogP contribution in [0, 0.1) is 5.82 Å². The summed E-state index contributed by atoms with van der Waals surface area (Å²) in [6.45, 7) is 2.11. The van der Waals surface area contributed by atoms with Gasteiger partial charge >= 0.3 is 0 Å². The van der Waals surface area contributed by atoms with Gasteiger partial charge in [0.2, 0.25) is 0 Å². The first-order valence-electron chi connectivity index (χ1n) is 9.52. The molecule has 1 aliphatic carbocycles. The van der Waals surface area contributed by atoms with Crippen LogP contribution in [-0.2, 0) is 0 Å². The normalized spacial score (nSPS) is 21.2. The second-order valence-corrected chi connectivity index (χ2v) is 7.51. The van der Waals surface area contributed by atoms with Gasteiger partial charge in [0.1, 0.15) is 23.3 Å². The molecule has 1 aliphatic heterocycles. The molecule has 1 unspecified atom stereocenters. The number of rotatable bonds is 5. The van der Waals surface area contributed by atoms with Gasteiger partial charge in [-0.1, -0.05) is 6.07 Å². The van der Waals surface area contributed by atoms with Gasteiger partial charge in [-0.05, 0) is 63.9 Å². The molecule has 0 bridgehead atoms. The van der Waals surface area contributed by atoms with E-state index in [1.54, 1.807) is 6.07 Å². The Bertz CT molecular complexity index is 762. The number of nitrogens with one attached hydrogen (secondary N) is 2. The molecule has 4 rings (SSSR count). The van der Waals surface area contributed by atoms with Crippen LogP contribution in [0.1, 0.15) is 43.8 Å². The minimum absolute atomic E-state index is 0.258. The van der Waals surface area contributed by atoms with Crippen molar-refractivity contribution in [2.24, 2.45) is 0 Å². The molecule has 0 radical (unpaired) electrons. The molecule has 1 aromatic heterocycles. The number of likely N-dealkylation sites (N-methyl/N-ethyl adjacent to an activating group) is 1. The zero-order valence-corrected chi connectivity index (χ0v) is 15.2. The van der Waals surface area contributed by atoms with Gasteiger partial charge in [-0.3, -0.25) is 0 Å². The van der Waals surface area contributed by atoms with Crippen LogP contribution in [0.2, 0.25) is 0 Å². The Balaban J connectivity index is 1.60. The second kappa shape index (κ2) is 7.58.